The summed E-state index contributed by atoms with van der Waals surface area (Å²) >= 11 is 0. The Kier molecular flexibility index (Phi) is 2.42. The Morgan fingerprint density at radius 1 is 0.947 bits per heavy atom. The lowest BCUT2D eigenvalue weighted by Crippen LogP contribution is -2.30. The second kappa shape index (κ2) is 4.25. The van der Waals surface area contributed by atoms with Gasteiger partial charge in [-0.15, -0.1) is 0 Å². The minimum atomic E-state index is 1.06. The maximum atomic E-state index is 3.52. The molecule has 0 atom stereocenters. The minimum Gasteiger partial charge on any atom is -0.308 e. The summed E-state index contributed by atoms with van der Waals surface area (Å²) < 4.78 is 0. The Balaban J connectivity index is 1.89. The van der Waals surface area contributed by atoms with E-state index in [4.69, 9.17) is 0 Å². The maximum absolute atomic E-state index is 3.52. The number of hydrogen-bond donors (Lipinski definition) is 1. The summed E-state index contributed by atoms with van der Waals surface area (Å²) in [6.07, 6.45) is 1.20. The van der Waals surface area contributed by atoms with Crippen molar-refractivity contribution in [2.75, 3.05) is 18.1 Å². The number of benzene rings is 3. The third-order valence-electron chi connectivity index (χ3n) is 3.75. The highest BCUT2D eigenvalue weighted by molar-refractivity contribution is 5.98. The van der Waals surface area contributed by atoms with E-state index >= 15 is 0 Å². The molecule has 3 aromatic carbocycles. The molecule has 0 amide bonds. The number of nitrogens with one attached hydrogen (secondary N) is 1. The van der Waals surface area contributed by atoms with Gasteiger partial charge in [0.2, 0.25) is 0 Å². The zero-order chi connectivity index (χ0) is 12.7. The van der Waals surface area contributed by atoms with Crippen molar-refractivity contribution < 1.29 is 0 Å². The summed E-state index contributed by atoms with van der Waals surface area (Å²) in [7, 11) is 0. The van der Waals surface area contributed by atoms with Crippen LogP contribution in [0.25, 0.3) is 21.5 Å². The molecule has 0 saturated carbocycles. The molecule has 1 saturated heterocycles. The van der Waals surface area contributed by atoms with Crippen molar-refractivity contribution in [2.45, 2.75) is 6.42 Å². The minimum absolute atomic E-state index is 1.06. The molecule has 1 aliphatic rings. The van der Waals surface area contributed by atoms with Gasteiger partial charge >= 0.3 is 0 Å². The van der Waals surface area contributed by atoms with Gasteiger partial charge in [-0.25, -0.2) is 5.43 Å². The third kappa shape index (κ3) is 1.85. The van der Waals surface area contributed by atoms with Crippen molar-refractivity contribution in [3.63, 3.8) is 0 Å². The van der Waals surface area contributed by atoms with Gasteiger partial charge in [0.25, 0.3) is 0 Å². The molecule has 3 aromatic rings. The number of rotatable bonds is 1. The third-order valence-corrected chi connectivity index (χ3v) is 3.75. The largest absolute Gasteiger partial charge is 0.308 e. The van der Waals surface area contributed by atoms with Crippen molar-refractivity contribution in [2.24, 2.45) is 0 Å². The molecular weight excluding hydrogens is 232 g/mol. The molecule has 0 aliphatic carbocycles. The van der Waals surface area contributed by atoms with Gasteiger partial charge in [0, 0.05) is 19.2 Å². The van der Waals surface area contributed by atoms with Crippen LogP contribution in [-0.2, 0) is 0 Å². The van der Waals surface area contributed by atoms with Gasteiger partial charge in [0.05, 0.1) is 5.69 Å². The lowest BCUT2D eigenvalue weighted by Gasteiger charge is -2.17. The smallest absolute Gasteiger partial charge is 0.0605 e. The number of anilines is 1. The lowest BCUT2D eigenvalue weighted by atomic mass is 10.0. The van der Waals surface area contributed by atoms with E-state index in [-0.39, 0.29) is 0 Å². The zero-order valence-corrected chi connectivity index (χ0v) is 10.7. The number of fused-ring (bicyclic) bond motifs is 2. The first kappa shape index (κ1) is 10.8. The first-order valence-corrected chi connectivity index (χ1v) is 6.76. The van der Waals surface area contributed by atoms with Crippen LogP contribution >= 0.6 is 0 Å². The highest BCUT2D eigenvalue weighted by Gasteiger charge is 2.12. The molecule has 1 N–H and O–H groups in total. The van der Waals surface area contributed by atoms with Crippen LogP contribution in [0.5, 0.6) is 0 Å². The molecule has 2 heteroatoms. The molecule has 0 aromatic heterocycles. The highest BCUT2D eigenvalue weighted by Crippen LogP contribution is 2.26. The van der Waals surface area contributed by atoms with Gasteiger partial charge in [0.15, 0.2) is 0 Å². The molecule has 1 aliphatic heterocycles. The van der Waals surface area contributed by atoms with E-state index in [1.54, 1.807) is 0 Å². The molecule has 0 unspecified atom stereocenters. The zero-order valence-electron chi connectivity index (χ0n) is 10.7. The Bertz CT molecular complexity index is 742. The van der Waals surface area contributed by atoms with Gasteiger partial charge in [-0.3, -0.25) is 0 Å². The average molecular weight is 247 g/mol. The Hall–Kier alpha value is -2.06. The predicted octanol–water partition coefficient (Wildman–Crippen LogP) is 3.51. The Labute approximate surface area is 112 Å². The second-order valence-electron chi connectivity index (χ2n) is 5.04. The normalized spacial score (nSPS) is 15.5. The topological polar surface area (TPSA) is 15.3 Å². The van der Waals surface area contributed by atoms with Crippen molar-refractivity contribution >= 4 is 27.2 Å². The van der Waals surface area contributed by atoms with Gasteiger partial charge in [-0.1, -0.05) is 30.3 Å². The Morgan fingerprint density at radius 2 is 1.79 bits per heavy atom. The molecule has 4 rings (SSSR count). The summed E-state index contributed by atoms with van der Waals surface area (Å²) in [6, 6.07) is 20.8. The first-order chi connectivity index (χ1) is 9.40. The van der Waals surface area contributed by atoms with Crippen LogP contribution in [0, 0.1) is 6.07 Å². The molecule has 1 radical (unpaired) electrons. The number of nitrogens with zero attached hydrogens (tertiary/aromatic N) is 1. The van der Waals surface area contributed by atoms with E-state index in [2.05, 4.69) is 65.0 Å². The Morgan fingerprint density at radius 3 is 2.58 bits per heavy atom. The quantitative estimate of drug-likeness (QED) is 0.662. The fourth-order valence-corrected chi connectivity index (χ4v) is 2.75. The summed E-state index contributed by atoms with van der Waals surface area (Å²) in [5.74, 6) is 0. The lowest BCUT2D eigenvalue weighted by molar-refractivity contribution is 0.787. The molecule has 19 heavy (non-hydrogen) atoms. The van der Waals surface area contributed by atoms with Gasteiger partial charge in [-0.2, -0.15) is 0 Å². The summed E-state index contributed by atoms with van der Waals surface area (Å²) in [6.45, 7) is 2.12. The average Bonchev–Trinajstić information content (AvgIpc) is 2.98. The van der Waals surface area contributed by atoms with Crippen molar-refractivity contribution in [3.8, 4) is 0 Å². The number of hydrogen-bond acceptors (Lipinski definition) is 2. The molecular formula is C17H15N2. The van der Waals surface area contributed by atoms with Crippen molar-refractivity contribution in [3.05, 3.63) is 54.6 Å². The SMILES string of the molecule is [c]1c(N2CCCN2)ccc2cc3ccccc3cc12. The van der Waals surface area contributed by atoms with Crippen LogP contribution in [0.1, 0.15) is 6.42 Å². The van der Waals surface area contributed by atoms with Crippen LogP contribution in [-0.4, -0.2) is 13.1 Å². The van der Waals surface area contributed by atoms with E-state index in [0.29, 0.717) is 0 Å². The molecule has 0 bridgehead atoms. The van der Waals surface area contributed by atoms with E-state index in [1.165, 1.54) is 28.0 Å². The summed E-state index contributed by atoms with van der Waals surface area (Å²) in [4.78, 5) is 0. The van der Waals surface area contributed by atoms with E-state index in [0.717, 1.165) is 18.8 Å². The van der Waals surface area contributed by atoms with Crippen LogP contribution in [0.2, 0.25) is 0 Å². The number of hydrazine groups is 1. The molecule has 93 valence electrons. The fraction of sp³-hybridized carbons (Fsp3) is 0.176. The standard InChI is InChI=1S/C17H15N2/c1-2-5-14-11-16-12-17(19-9-3-8-18-19)7-6-15(16)10-13(14)4-1/h1-2,4-7,10-11,18H,3,8-9H2. The van der Waals surface area contributed by atoms with Crippen molar-refractivity contribution in [1.82, 2.24) is 5.43 Å². The van der Waals surface area contributed by atoms with Crippen LogP contribution in [0.15, 0.2) is 48.5 Å². The highest BCUT2D eigenvalue weighted by atomic mass is 15.5. The van der Waals surface area contributed by atoms with Gasteiger partial charge in [-0.05, 0) is 46.2 Å². The van der Waals surface area contributed by atoms with Crippen LogP contribution in [0.4, 0.5) is 5.69 Å². The predicted molar refractivity (Wildman–Crippen MR) is 80.3 cm³/mol. The summed E-state index contributed by atoms with van der Waals surface area (Å²) in [5, 5.41) is 7.19. The van der Waals surface area contributed by atoms with Gasteiger partial charge < -0.3 is 5.01 Å². The maximum Gasteiger partial charge on any atom is 0.0605 e. The van der Waals surface area contributed by atoms with E-state index in [9.17, 15) is 0 Å². The van der Waals surface area contributed by atoms with Crippen LogP contribution < -0.4 is 10.4 Å². The second-order valence-corrected chi connectivity index (χ2v) is 5.04. The van der Waals surface area contributed by atoms with E-state index < -0.39 is 0 Å². The molecule has 1 fully saturated rings. The van der Waals surface area contributed by atoms with Crippen LogP contribution in [0.3, 0.4) is 0 Å². The molecule has 0 spiro atoms. The van der Waals surface area contributed by atoms with Crippen molar-refractivity contribution in [1.29, 1.82) is 0 Å². The summed E-state index contributed by atoms with van der Waals surface area (Å²) in [5.41, 5.74) is 4.52. The van der Waals surface area contributed by atoms with Gasteiger partial charge in [0.1, 0.15) is 0 Å². The first-order valence-electron chi connectivity index (χ1n) is 6.76. The monoisotopic (exact) mass is 247 g/mol. The molecule has 1 heterocycles. The molecule has 2 nitrogen and oxygen atoms in total. The van der Waals surface area contributed by atoms with E-state index in [1.807, 2.05) is 0 Å². The fourth-order valence-electron chi connectivity index (χ4n) is 2.75.